The summed E-state index contributed by atoms with van der Waals surface area (Å²) in [5.74, 6) is 0. The monoisotopic (exact) mass is 558 g/mol. The first-order valence-corrected chi connectivity index (χ1v) is 4.24. The fraction of sp³-hybridized carbons (Fsp3) is 0. The van der Waals surface area contributed by atoms with Crippen molar-refractivity contribution in [3.05, 3.63) is 0 Å². The molecule has 21 heavy (non-hydrogen) atoms. The van der Waals surface area contributed by atoms with Gasteiger partial charge in [0.05, 0.1) is 0 Å². The second kappa shape index (κ2) is 16.0. The molecule has 96 valence electrons. The van der Waals surface area contributed by atoms with Crippen molar-refractivity contribution in [1.29, 1.82) is 0 Å². The van der Waals surface area contributed by atoms with Crippen LogP contribution in [0.3, 0.4) is 0 Å². The molecular weight excluding hydrogens is 556 g/mol. The second-order valence-electron chi connectivity index (χ2n) is 2.55. The van der Waals surface area contributed by atoms with Gasteiger partial charge in [0.1, 0.15) is 0 Å². The summed E-state index contributed by atoms with van der Waals surface area (Å²) in [6.07, 6.45) is 0. The molecule has 0 aliphatic carbocycles. The van der Waals surface area contributed by atoms with Crippen LogP contribution >= 0.6 is 0 Å². The fourth-order valence-electron chi connectivity index (χ4n) is 0.737. The van der Waals surface area contributed by atoms with Gasteiger partial charge in [-0.3, -0.25) is 0 Å². The Kier molecular flexibility index (Phi) is 22.6. The smallest absolute Gasteiger partial charge is 0.833 e. The van der Waals surface area contributed by atoms with Crippen LogP contribution in [0, 0.1) is 0 Å². The molecule has 2 rings (SSSR count). The molecule has 2 aliphatic heterocycles. The van der Waals surface area contributed by atoms with Crippen molar-refractivity contribution in [2.24, 2.45) is 0 Å². The average molecular weight is 556 g/mol. The molecule has 2 saturated heterocycles. The van der Waals surface area contributed by atoms with Gasteiger partial charge in [-0.15, -0.1) is 0 Å². The van der Waals surface area contributed by atoms with Crippen molar-refractivity contribution in [1.82, 2.24) is 0 Å². The summed E-state index contributed by atoms with van der Waals surface area (Å²) in [6.45, 7) is 0. The van der Waals surface area contributed by atoms with Gasteiger partial charge in [-0.05, 0) is 0 Å². The van der Waals surface area contributed by atoms with E-state index < -0.39 is 43.9 Å². The first-order valence-electron chi connectivity index (χ1n) is 4.24. The van der Waals surface area contributed by atoms with Crippen LogP contribution in [-0.4, -0.2) is 165 Å². The van der Waals surface area contributed by atoms with Crippen LogP contribution in [0.15, 0.2) is 0 Å². The second-order valence-corrected chi connectivity index (χ2v) is 2.55. The largest absolute Gasteiger partial charge is 2.00 e. The van der Waals surface area contributed by atoms with Crippen molar-refractivity contribution in [3.8, 4) is 0 Å². The van der Waals surface area contributed by atoms with Crippen molar-refractivity contribution in [2.45, 2.75) is 0 Å². The molecule has 0 saturated carbocycles. The van der Waals surface area contributed by atoms with E-state index in [1.54, 1.807) is 0 Å². The Morgan fingerprint density at radius 2 is 0.476 bits per heavy atom. The van der Waals surface area contributed by atoms with E-state index >= 15 is 0 Å². The quantitative estimate of drug-likeness (QED) is 0.256. The third-order valence-corrected chi connectivity index (χ3v) is 1.33. The Morgan fingerprint density at radius 3 is 0.571 bits per heavy atom. The molecule has 21 heteroatoms. The summed E-state index contributed by atoms with van der Waals surface area (Å²) in [5, 5.41) is 60.3. The van der Waals surface area contributed by atoms with Crippen molar-refractivity contribution in [2.75, 3.05) is 0 Å². The van der Waals surface area contributed by atoms with Crippen LogP contribution in [0.25, 0.3) is 0 Å². The molecule has 0 aromatic carbocycles. The molecule has 0 unspecified atom stereocenters. The van der Waals surface area contributed by atoms with Crippen LogP contribution in [0.4, 0.5) is 0 Å². The van der Waals surface area contributed by atoms with Crippen LogP contribution in [-0.2, 0) is 27.4 Å². The third kappa shape index (κ3) is 14.7. The molecule has 2 fully saturated rings. The minimum atomic E-state index is -2.01. The normalized spacial score (nSPS) is 18.0. The van der Waals surface area contributed by atoms with Crippen LogP contribution in [0.1, 0.15) is 0 Å². The van der Waals surface area contributed by atoms with E-state index in [9.17, 15) is 30.1 Å². The summed E-state index contributed by atoms with van der Waals surface area (Å²) < 4.78 is 22.8. The number of hydrogen-bond donors (Lipinski definition) is 0. The molecule has 0 aromatic rings. The van der Waals surface area contributed by atoms with Gasteiger partial charge < -0.3 is 57.6 Å². The van der Waals surface area contributed by atoms with E-state index in [1.165, 1.54) is 0 Å². The molecule has 0 N–H and O–H groups in total. The van der Waals surface area contributed by atoms with E-state index in [0.29, 0.717) is 0 Å². The Morgan fingerprint density at radius 1 is 0.381 bits per heavy atom. The van der Waals surface area contributed by atoms with Crippen LogP contribution < -0.4 is 30.1 Å². The number of hydrogen-bond acceptors (Lipinski definition) is 12. The van der Waals surface area contributed by atoms with Crippen molar-refractivity contribution in [3.63, 3.8) is 0 Å². The minimum Gasteiger partial charge on any atom is -0.833 e. The van der Waals surface area contributed by atoms with Crippen molar-refractivity contribution >= 4 is 165 Å². The molecule has 0 amide bonds. The zero-order valence-corrected chi connectivity index (χ0v) is 20.8. The molecule has 0 spiro atoms. The first-order chi connectivity index (χ1) is 8.36. The molecule has 0 radical (unpaired) electrons. The molecular formula is B6Ba2MgO12. The summed E-state index contributed by atoms with van der Waals surface area (Å²) in [6, 6.07) is 0. The van der Waals surface area contributed by atoms with Gasteiger partial charge in [0.2, 0.25) is 0 Å². The summed E-state index contributed by atoms with van der Waals surface area (Å²) in [5.41, 5.74) is 0. The van der Waals surface area contributed by atoms with Gasteiger partial charge in [-0.1, -0.05) is 0 Å². The molecule has 2 aliphatic rings. The van der Waals surface area contributed by atoms with Gasteiger partial charge in [-0.25, -0.2) is 0 Å². The minimum absolute atomic E-state index is 0. The standard InChI is InChI=1S/2B3O6.2Ba.Mg/c2*4-1-7-2(5)9-3(6)8-1;;;/q2*-3;3*+2. The summed E-state index contributed by atoms with van der Waals surface area (Å²) in [7, 11) is -12.1. The molecule has 0 atom stereocenters. The van der Waals surface area contributed by atoms with E-state index in [0.717, 1.165) is 0 Å². The zero-order valence-electron chi connectivity index (χ0n) is 10.5. The third-order valence-electron chi connectivity index (χ3n) is 1.33. The Labute approximate surface area is 218 Å². The van der Waals surface area contributed by atoms with Gasteiger partial charge in [0.25, 0.3) is 0 Å². The van der Waals surface area contributed by atoms with Gasteiger partial charge in [0.15, 0.2) is 0 Å². The molecule has 0 bridgehead atoms. The first kappa shape index (κ1) is 29.6. The van der Waals surface area contributed by atoms with Gasteiger partial charge >= 0.3 is 165 Å². The molecule has 2 heterocycles. The van der Waals surface area contributed by atoms with E-state index in [4.69, 9.17) is 0 Å². The van der Waals surface area contributed by atoms with E-state index in [1.807, 2.05) is 0 Å². The van der Waals surface area contributed by atoms with Gasteiger partial charge in [0, 0.05) is 0 Å². The van der Waals surface area contributed by atoms with Crippen molar-refractivity contribution < 1.29 is 57.6 Å². The predicted molar refractivity (Wildman–Crippen MR) is 58.3 cm³/mol. The van der Waals surface area contributed by atoms with Gasteiger partial charge in [-0.2, -0.15) is 0 Å². The fourth-order valence-corrected chi connectivity index (χ4v) is 0.737. The van der Waals surface area contributed by atoms with Crippen LogP contribution in [0.5, 0.6) is 0 Å². The summed E-state index contributed by atoms with van der Waals surface area (Å²) >= 11 is 0. The maximum Gasteiger partial charge on any atom is 2.00 e. The Bertz CT molecular complexity index is 178. The zero-order chi connectivity index (χ0) is 13.7. The molecule has 12 nitrogen and oxygen atoms in total. The maximum atomic E-state index is 10.0. The Balaban J connectivity index is -0.000000270. The Hall–Kier alpha value is 3.82. The number of rotatable bonds is 0. The maximum absolute atomic E-state index is 10.0. The SMILES string of the molecule is [Ba+2].[Ba+2].[Mg+2].[O-]B1OB([O-])OB([O-])O1.[O-]B1OB([O-])OB([O-])O1. The summed E-state index contributed by atoms with van der Waals surface area (Å²) in [4.78, 5) is 0. The molecule has 0 aromatic heterocycles. The predicted octanol–water partition coefficient (Wildman–Crippen LogP) is -11.0. The van der Waals surface area contributed by atoms with Crippen LogP contribution in [0.2, 0.25) is 0 Å². The topological polar surface area (TPSA) is 194 Å². The van der Waals surface area contributed by atoms with E-state index in [-0.39, 0.29) is 121 Å². The van der Waals surface area contributed by atoms with E-state index in [2.05, 4.69) is 27.4 Å². The average Bonchev–Trinajstić information content (AvgIpc) is 2.12.